The third-order valence-corrected chi connectivity index (χ3v) is 6.76. The molecule has 0 aromatic heterocycles. The van der Waals surface area contributed by atoms with Crippen molar-refractivity contribution in [1.29, 1.82) is 0 Å². The number of rotatable bonds is 28. The lowest BCUT2D eigenvalue weighted by atomic mass is 10.1. The van der Waals surface area contributed by atoms with Gasteiger partial charge in [0.15, 0.2) is 0 Å². The number of allylic oxidation sites excluding steroid dienone is 1. The van der Waals surface area contributed by atoms with Gasteiger partial charge in [0.2, 0.25) is 0 Å². The van der Waals surface area contributed by atoms with Crippen LogP contribution >= 0.6 is 0 Å². The molecule has 0 rings (SSSR count). The van der Waals surface area contributed by atoms with E-state index in [-0.39, 0.29) is 11.9 Å². The monoisotopic (exact) mass is 508 g/mol. The van der Waals surface area contributed by atoms with Crippen LogP contribution in [0.3, 0.4) is 0 Å². The molecule has 0 aliphatic carbocycles. The van der Waals surface area contributed by atoms with Gasteiger partial charge in [0.1, 0.15) is 0 Å². The Labute approximate surface area is 224 Å². The van der Waals surface area contributed by atoms with Gasteiger partial charge in [0.05, 0.1) is 13.2 Å². The summed E-state index contributed by atoms with van der Waals surface area (Å²) < 4.78 is 10.6. The zero-order valence-corrected chi connectivity index (χ0v) is 24.2. The van der Waals surface area contributed by atoms with Crippen LogP contribution in [0, 0.1) is 0 Å². The molecule has 0 N–H and O–H groups in total. The first kappa shape index (κ1) is 34.7. The summed E-state index contributed by atoms with van der Waals surface area (Å²) in [6.45, 7) is 5.61. The van der Waals surface area contributed by atoms with Gasteiger partial charge < -0.3 is 9.47 Å². The van der Waals surface area contributed by atoms with E-state index in [2.05, 4.69) is 13.8 Å². The summed E-state index contributed by atoms with van der Waals surface area (Å²) >= 11 is 0. The predicted molar refractivity (Wildman–Crippen MR) is 153 cm³/mol. The molecule has 0 unspecified atom stereocenters. The van der Waals surface area contributed by atoms with Gasteiger partial charge in [-0.15, -0.1) is 0 Å². The first-order valence-corrected chi connectivity index (χ1v) is 15.7. The molecule has 0 aliphatic heterocycles. The van der Waals surface area contributed by atoms with E-state index in [0.717, 1.165) is 44.9 Å². The molecule has 4 nitrogen and oxygen atoms in total. The summed E-state index contributed by atoms with van der Waals surface area (Å²) in [5.74, 6) is -0.197. The molecular weight excluding hydrogens is 448 g/mol. The van der Waals surface area contributed by atoms with Crippen molar-refractivity contribution >= 4 is 11.9 Å². The minimum atomic E-state index is -0.186. The normalized spacial score (nSPS) is 11.3. The highest BCUT2D eigenvalue weighted by Gasteiger charge is 2.02. The van der Waals surface area contributed by atoms with Gasteiger partial charge in [-0.25, -0.2) is 4.79 Å². The number of unbranched alkanes of at least 4 members (excludes halogenated alkanes) is 20. The van der Waals surface area contributed by atoms with Gasteiger partial charge >= 0.3 is 11.9 Å². The minimum Gasteiger partial charge on any atom is -0.466 e. The second-order valence-electron chi connectivity index (χ2n) is 10.4. The lowest BCUT2D eigenvalue weighted by Gasteiger charge is -2.05. The molecule has 0 heterocycles. The Balaban J connectivity index is 3.27. The van der Waals surface area contributed by atoms with Gasteiger partial charge in [-0.05, 0) is 32.1 Å². The first-order valence-electron chi connectivity index (χ1n) is 15.7. The molecule has 0 aliphatic rings. The first-order chi connectivity index (χ1) is 17.7. The van der Waals surface area contributed by atoms with Gasteiger partial charge in [0, 0.05) is 12.5 Å². The standard InChI is InChI=1S/C32H60O4/c1-3-5-7-9-21-25-29-35-31(33)27-23-19-17-15-13-11-12-14-16-18-20-24-28-32(34)36-30-26-22-10-8-6-4-2/h23,27H,3-22,24-26,28-30H2,1-2H3/b27-23+. The summed E-state index contributed by atoms with van der Waals surface area (Å²) in [7, 11) is 0. The molecule has 0 bridgehead atoms. The summed E-state index contributed by atoms with van der Waals surface area (Å²) in [4.78, 5) is 23.4. The van der Waals surface area contributed by atoms with E-state index >= 15 is 0 Å². The van der Waals surface area contributed by atoms with Crippen molar-refractivity contribution in [2.24, 2.45) is 0 Å². The van der Waals surface area contributed by atoms with Crippen molar-refractivity contribution in [3.05, 3.63) is 12.2 Å². The summed E-state index contributed by atoms with van der Waals surface area (Å²) in [6, 6.07) is 0. The van der Waals surface area contributed by atoms with Gasteiger partial charge in [-0.3, -0.25) is 4.79 Å². The van der Waals surface area contributed by atoms with Crippen LogP contribution in [0.4, 0.5) is 0 Å². The largest absolute Gasteiger partial charge is 0.466 e. The molecule has 212 valence electrons. The molecule has 0 spiro atoms. The molecule has 36 heavy (non-hydrogen) atoms. The maximum Gasteiger partial charge on any atom is 0.330 e. The van der Waals surface area contributed by atoms with Crippen molar-refractivity contribution in [3.63, 3.8) is 0 Å². The fraction of sp³-hybridized carbons (Fsp3) is 0.875. The Morgan fingerprint density at radius 3 is 1.44 bits per heavy atom. The Morgan fingerprint density at radius 2 is 0.917 bits per heavy atom. The number of carbonyl (C=O) groups excluding carboxylic acids is 2. The molecule has 0 aromatic rings. The predicted octanol–water partition coefficient (Wildman–Crippen LogP) is 10.0. The van der Waals surface area contributed by atoms with Crippen LogP contribution in [0.5, 0.6) is 0 Å². The molecule has 0 radical (unpaired) electrons. The fourth-order valence-electron chi connectivity index (χ4n) is 4.37. The molecule has 0 saturated heterocycles. The van der Waals surface area contributed by atoms with Crippen molar-refractivity contribution < 1.29 is 19.1 Å². The lowest BCUT2D eigenvalue weighted by molar-refractivity contribution is -0.144. The van der Waals surface area contributed by atoms with E-state index in [9.17, 15) is 9.59 Å². The van der Waals surface area contributed by atoms with Gasteiger partial charge in [-0.2, -0.15) is 0 Å². The van der Waals surface area contributed by atoms with Crippen LogP contribution < -0.4 is 0 Å². The molecule has 0 atom stereocenters. The van der Waals surface area contributed by atoms with E-state index in [4.69, 9.17) is 9.47 Å². The average molecular weight is 509 g/mol. The van der Waals surface area contributed by atoms with Crippen LogP contribution in [0.15, 0.2) is 12.2 Å². The zero-order chi connectivity index (χ0) is 26.4. The average Bonchev–Trinajstić information content (AvgIpc) is 2.87. The van der Waals surface area contributed by atoms with E-state index in [1.54, 1.807) is 6.08 Å². The quantitative estimate of drug-likeness (QED) is 0.0599. The van der Waals surface area contributed by atoms with Crippen LogP contribution in [0.1, 0.15) is 168 Å². The maximum atomic E-state index is 11.8. The van der Waals surface area contributed by atoms with E-state index in [0.29, 0.717) is 19.6 Å². The Bertz CT molecular complexity index is 500. The van der Waals surface area contributed by atoms with E-state index in [1.165, 1.54) is 103 Å². The van der Waals surface area contributed by atoms with Crippen LogP contribution in [0.2, 0.25) is 0 Å². The van der Waals surface area contributed by atoms with Crippen molar-refractivity contribution in [1.82, 2.24) is 0 Å². The molecular formula is C32H60O4. The second kappa shape index (κ2) is 29.9. The van der Waals surface area contributed by atoms with Gasteiger partial charge in [0.25, 0.3) is 0 Å². The fourth-order valence-corrected chi connectivity index (χ4v) is 4.37. The molecule has 0 amide bonds. The van der Waals surface area contributed by atoms with E-state index in [1.807, 2.05) is 6.08 Å². The smallest absolute Gasteiger partial charge is 0.330 e. The van der Waals surface area contributed by atoms with Crippen LogP contribution in [0.25, 0.3) is 0 Å². The molecule has 0 saturated carbocycles. The lowest BCUT2D eigenvalue weighted by Crippen LogP contribution is -2.05. The summed E-state index contributed by atoms with van der Waals surface area (Å²) in [5.41, 5.74) is 0. The number of hydrogen-bond donors (Lipinski definition) is 0. The molecule has 4 heteroatoms. The third kappa shape index (κ3) is 28.9. The molecule has 0 aromatic carbocycles. The Morgan fingerprint density at radius 1 is 0.500 bits per heavy atom. The summed E-state index contributed by atoms with van der Waals surface area (Å²) in [6.07, 6.45) is 31.9. The highest BCUT2D eigenvalue weighted by Crippen LogP contribution is 2.13. The highest BCUT2D eigenvalue weighted by molar-refractivity contribution is 5.81. The minimum absolute atomic E-state index is 0.0107. The summed E-state index contributed by atoms with van der Waals surface area (Å²) in [5, 5.41) is 0. The maximum absolute atomic E-state index is 11.8. The van der Waals surface area contributed by atoms with E-state index < -0.39 is 0 Å². The van der Waals surface area contributed by atoms with Crippen LogP contribution in [-0.4, -0.2) is 25.2 Å². The molecule has 0 fully saturated rings. The Hall–Kier alpha value is -1.32. The number of ether oxygens (including phenoxy) is 2. The Kier molecular flexibility index (Phi) is 28.8. The van der Waals surface area contributed by atoms with Crippen molar-refractivity contribution in [2.75, 3.05) is 13.2 Å². The SMILES string of the molecule is CCCCCCCCOC(=O)/C=C/CCCCCCCCCCCCC(=O)OCCCCCCCC. The van der Waals surface area contributed by atoms with Crippen LogP contribution in [-0.2, 0) is 19.1 Å². The topological polar surface area (TPSA) is 52.6 Å². The highest BCUT2D eigenvalue weighted by atomic mass is 16.5. The third-order valence-electron chi connectivity index (χ3n) is 6.76. The van der Waals surface area contributed by atoms with Crippen molar-refractivity contribution in [2.45, 2.75) is 168 Å². The van der Waals surface area contributed by atoms with Gasteiger partial charge in [-0.1, -0.05) is 135 Å². The van der Waals surface area contributed by atoms with Crippen molar-refractivity contribution in [3.8, 4) is 0 Å². The second-order valence-corrected chi connectivity index (χ2v) is 10.4. The zero-order valence-electron chi connectivity index (χ0n) is 24.2. The number of esters is 2. The number of carbonyl (C=O) groups is 2. The number of hydrogen-bond acceptors (Lipinski definition) is 4.